The number of phenols is 1. The summed E-state index contributed by atoms with van der Waals surface area (Å²) in [6, 6.07) is 1.97. The van der Waals surface area contributed by atoms with E-state index < -0.39 is 17.4 Å². The lowest BCUT2D eigenvalue weighted by atomic mass is 9.96. The first-order valence-electron chi connectivity index (χ1n) is 5.88. The van der Waals surface area contributed by atoms with Gasteiger partial charge in [0.1, 0.15) is 5.82 Å². The van der Waals surface area contributed by atoms with Crippen LogP contribution >= 0.6 is 0 Å². The standard InChI is InChI=1S/C13H15F2NO/c14-10-6-9(13(17)12(15)7-10)8-16-11-4-2-1-3-5-11/h6-8,11,17H,1-5H2. The van der Waals surface area contributed by atoms with Gasteiger partial charge in [-0.3, -0.25) is 4.99 Å². The van der Waals surface area contributed by atoms with Crippen molar-refractivity contribution in [2.45, 2.75) is 38.1 Å². The maximum absolute atomic E-state index is 13.1. The quantitative estimate of drug-likeness (QED) is 0.788. The summed E-state index contributed by atoms with van der Waals surface area (Å²) in [7, 11) is 0. The average molecular weight is 239 g/mol. The molecule has 0 aromatic heterocycles. The van der Waals surface area contributed by atoms with E-state index in [0.29, 0.717) is 6.07 Å². The first-order valence-corrected chi connectivity index (χ1v) is 5.88. The number of hydrogen-bond acceptors (Lipinski definition) is 2. The minimum absolute atomic E-state index is 0.105. The van der Waals surface area contributed by atoms with Crippen LogP contribution < -0.4 is 0 Å². The van der Waals surface area contributed by atoms with Crippen molar-refractivity contribution in [3.05, 3.63) is 29.3 Å². The number of halogens is 2. The van der Waals surface area contributed by atoms with Crippen LogP contribution in [0, 0.1) is 11.6 Å². The van der Waals surface area contributed by atoms with Crippen LogP contribution in [0.25, 0.3) is 0 Å². The van der Waals surface area contributed by atoms with Crippen molar-refractivity contribution in [1.29, 1.82) is 0 Å². The Labute approximate surface area is 99.0 Å². The van der Waals surface area contributed by atoms with Gasteiger partial charge >= 0.3 is 0 Å². The summed E-state index contributed by atoms with van der Waals surface area (Å²) in [4.78, 5) is 4.28. The van der Waals surface area contributed by atoms with Gasteiger partial charge in [-0.05, 0) is 18.9 Å². The van der Waals surface area contributed by atoms with Gasteiger partial charge < -0.3 is 5.11 Å². The molecule has 2 rings (SSSR count). The van der Waals surface area contributed by atoms with Crippen molar-refractivity contribution in [2.24, 2.45) is 4.99 Å². The van der Waals surface area contributed by atoms with Crippen LogP contribution in [0.2, 0.25) is 0 Å². The van der Waals surface area contributed by atoms with E-state index in [0.717, 1.165) is 31.7 Å². The monoisotopic (exact) mass is 239 g/mol. The second-order valence-electron chi connectivity index (χ2n) is 4.40. The Morgan fingerprint density at radius 2 is 1.88 bits per heavy atom. The predicted molar refractivity (Wildman–Crippen MR) is 62.5 cm³/mol. The number of nitrogens with zero attached hydrogens (tertiary/aromatic N) is 1. The van der Waals surface area contributed by atoms with Gasteiger partial charge in [-0.1, -0.05) is 19.3 Å². The Kier molecular flexibility index (Phi) is 3.71. The van der Waals surface area contributed by atoms with Crippen molar-refractivity contribution in [3.8, 4) is 5.75 Å². The Balaban J connectivity index is 2.14. The minimum Gasteiger partial charge on any atom is -0.504 e. The van der Waals surface area contributed by atoms with E-state index in [1.807, 2.05) is 0 Å². The number of aliphatic imine (C=N–C) groups is 1. The van der Waals surface area contributed by atoms with Crippen LogP contribution in [-0.2, 0) is 0 Å². The Bertz CT molecular complexity index is 426. The van der Waals surface area contributed by atoms with Crippen LogP contribution in [0.4, 0.5) is 8.78 Å². The molecule has 0 radical (unpaired) electrons. The lowest BCUT2D eigenvalue weighted by molar-refractivity contribution is 0.426. The Morgan fingerprint density at radius 1 is 1.18 bits per heavy atom. The second-order valence-corrected chi connectivity index (χ2v) is 4.40. The molecule has 0 bridgehead atoms. The van der Waals surface area contributed by atoms with Crippen LogP contribution in [0.15, 0.2) is 17.1 Å². The molecule has 92 valence electrons. The van der Waals surface area contributed by atoms with E-state index in [1.54, 1.807) is 0 Å². The zero-order valence-corrected chi connectivity index (χ0v) is 9.50. The van der Waals surface area contributed by atoms with Crippen molar-refractivity contribution >= 4 is 6.21 Å². The SMILES string of the molecule is Oc1c(F)cc(F)cc1C=NC1CCCCC1. The van der Waals surface area contributed by atoms with Gasteiger partial charge in [0.05, 0.1) is 0 Å². The zero-order valence-electron chi connectivity index (χ0n) is 9.50. The van der Waals surface area contributed by atoms with E-state index in [4.69, 9.17) is 0 Å². The molecule has 0 atom stereocenters. The summed E-state index contributed by atoms with van der Waals surface area (Å²) in [5.41, 5.74) is 0.105. The Morgan fingerprint density at radius 3 is 2.59 bits per heavy atom. The third-order valence-electron chi connectivity index (χ3n) is 3.06. The molecular formula is C13H15F2NO. The number of aromatic hydroxyl groups is 1. The van der Waals surface area contributed by atoms with E-state index >= 15 is 0 Å². The summed E-state index contributed by atoms with van der Waals surface area (Å²) in [6.45, 7) is 0. The van der Waals surface area contributed by atoms with E-state index in [2.05, 4.69) is 4.99 Å². The highest BCUT2D eigenvalue weighted by Crippen LogP contribution is 2.23. The highest BCUT2D eigenvalue weighted by Gasteiger charge is 2.12. The summed E-state index contributed by atoms with van der Waals surface area (Å²) < 4.78 is 26.0. The third-order valence-corrected chi connectivity index (χ3v) is 3.06. The van der Waals surface area contributed by atoms with Crippen molar-refractivity contribution in [2.75, 3.05) is 0 Å². The van der Waals surface area contributed by atoms with Gasteiger partial charge in [-0.2, -0.15) is 0 Å². The molecule has 1 aromatic carbocycles. The highest BCUT2D eigenvalue weighted by molar-refractivity contribution is 5.83. The smallest absolute Gasteiger partial charge is 0.168 e. The molecule has 1 saturated carbocycles. The lowest BCUT2D eigenvalue weighted by Crippen LogP contribution is -2.09. The number of benzene rings is 1. The normalized spacial score (nSPS) is 17.8. The van der Waals surface area contributed by atoms with E-state index in [9.17, 15) is 13.9 Å². The van der Waals surface area contributed by atoms with Crippen LogP contribution in [0.3, 0.4) is 0 Å². The lowest BCUT2D eigenvalue weighted by Gasteiger charge is -2.17. The van der Waals surface area contributed by atoms with Gasteiger partial charge in [-0.25, -0.2) is 8.78 Å². The maximum atomic E-state index is 13.1. The minimum atomic E-state index is -0.949. The summed E-state index contributed by atoms with van der Waals surface area (Å²) >= 11 is 0. The fourth-order valence-electron chi connectivity index (χ4n) is 2.10. The van der Waals surface area contributed by atoms with E-state index in [1.165, 1.54) is 12.6 Å². The largest absolute Gasteiger partial charge is 0.504 e. The van der Waals surface area contributed by atoms with Crippen LogP contribution in [0.5, 0.6) is 5.75 Å². The van der Waals surface area contributed by atoms with Crippen molar-refractivity contribution in [1.82, 2.24) is 0 Å². The summed E-state index contributed by atoms with van der Waals surface area (Å²) in [5, 5.41) is 9.42. The molecule has 0 aliphatic heterocycles. The second kappa shape index (κ2) is 5.25. The molecule has 1 aromatic rings. The van der Waals surface area contributed by atoms with Gasteiger partial charge in [0, 0.05) is 23.9 Å². The number of hydrogen-bond donors (Lipinski definition) is 1. The molecule has 0 spiro atoms. The fourth-order valence-corrected chi connectivity index (χ4v) is 2.10. The molecule has 0 saturated heterocycles. The highest BCUT2D eigenvalue weighted by atomic mass is 19.1. The van der Waals surface area contributed by atoms with E-state index in [-0.39, 0.29) is 11.6 Å². The third kappa shape index (κ3) is 3.02. The van der Waals surface area contributed by atoms with Crippen molar-refractivity contribution in [3.63, 3.8) is 0 Å². The molecule has 2 nitrogen and oxygen atoms in total. The number of rotatable bonds is 2. The predicted octanol–water partition coefficient (Wildman–Crippen LogP) is 3.42. The molecule has 1 N–H and O–H groups in total. The van der Waals surface area contributed by atoms with Gasteiger partial charge in [-0.15, -0.1) is 0 Å². The van der Waals surface area contributed by atoms with Gasteiger partial charge in [0.2, 0.25) is 0 Å². The molecule has 0 amide bonds. The fraction of sp³-hybridized carbons (Fsp3) is 0.462. The molecular weight excluding hydrogens is 224 g/mol. The number of phenolic OH excluding ortho intramolecular Hbond substituents is 1. The first-order chi connectivity index (χ1) is 8.16. The summed E-state index contributed by atoms with van der Waals surface area (Å²) in [6.07, 6.45) is 6.91. The zero-order chi connectivity index (χ0) is 12.3. The molecule has 0 heterocycles. The van der Waals surface area contributed by atoms with Crippen LogP contribution in [-0.4, -0.2) is 17.4 Å². The molecule has 1 aliphatic carbocycles. The molecule has 1 fully saturated rings. The summed E-state index contributed by atoms with van der Waals surface area (Å²) in [5.74, 6) is -2.19. The van der Waals surface area contributed by atoms with Gasteiger partial charge in [0.25, 0.3) is 0 Å². The molecule has 1 aliphatic rings. The first kappa shape index (κ1) is 12.0. The molecule has 17 heavy (non-hydrogen) atoms. The molecule has 4 heteroatoms. The van der Waals surface area contributed by atoms with Gasteiger partial charge in [0.15, 0.2) is 11.6 Å². The Hall–Kier alpha value is -1.45. The van der Waals surface area contributed by atoms with Crippen LogP contribution in [0.1, 0.15) is 37.7 Å². The maximum Gasteiger partial charge on any atom is 0.168 e. The van der Waals surface area contributed by atoms with Crippen molar-refractivity contribution < 1.29 is 13.9 Å². The average Bonchev–Trinajstić information content (AvgIpc) is 2.33. The topological polar surface area (TPSA) is 32.6 Å². The molecule has 0 unspecified atom stereocenters.